The van der Waals surface area contributed by atoms with E-state index in [1.165, 1.54) is 4.57 Å². The van der Waals surface area contributed by atoms with Gasteiger partial charge in [-0.25, -0.2) is 32.6 Å². The first kappa shape index (κ1) is 24.4. The second kappa shape index (κ2) is 9.32. The zero-order valence-electron chi connectivity index (χ0n) is 20.5. The summed E-state index contributed by atoms with van der Waals surface area (Å²) < 4.78 is 46.8. The Kier molecular flexibility index (Phi) is 6.33. The summed E-state index contributed by atoms with van der Waals surface area (Å²) in [5, 5.41) is 4.18. The maximum Gasteiger partial charge on any atom is 0.256 e. The molecule has 192 valence electrons. The van der Waals surface area contributed by atoms with E-state index in [0.717, 1.165) is 36.5 Å². The molecule has 6 heterocycles. The van der Waals surface area contributed by atoms with E-state index in [-0.39, 0.29) is 11.5 Å². The second-order valence-electron chi connectivity index (χ2n) is 9.63. The van der Waals surface area contributed by atoms with Crippen LogP contribution < -0.4 is 5.73 Å². The lowest BCUT2D eigenvalue weighted by Gasteiger charge is -2.45. The van der Waals surface area contributed by atoms with Gasteiger partial charge < -0.3 is 15.0 Å². The van der Waals surface area contributed by atoms with E-state index in [9.17, 15) is 13.2 Å². The van der Waals surface area contributed by atoms with Crippen LogP contribution in [0.15, 0.2) is 24.4 Å². The topological polar surface area (TPSA) is 99.4 Å². The maximum absolute atomic E-state index is 12.9. The molecule has 9 nitrogen and oxygen atoms in total. The molecule has 0 aliphatic carbocycles. The Morgan fingerprint density at radius 3 is 2.64 bits per heavy atom. The minimum absolute atomic E-state index is 0.154. The third-order valence-corrected chi connectivity index (χ3v) is 6.81. The number of ether oxygens (including phenoxy) is 1. The number of hydrogen-bond acceptors (Lipinski definition) is 7. The van der Waals surface area contributed by atoms with Gasteiger partial charge in [0.25, 0.3) is 6.43 Å². The fourth-order valence-electron chi connectivity index (χ4n) is 4.78. The first-order valence-corrected chi connectivity index (χ1v) is 11.8. The largest absolute Gasteiger partial charge is 0.377 e. The number of rotatable bonds is 4. The summed E-state index contributed by atoms with van der Waals surface area (Å²) in [4.78, 5) is 15.1. The van der Waals surface area contributed by atoms with Crippen LogP contribution >= 0.6 is 0 Å². The lowest BCUT2D eigenvalue weighted by atomic mass is 9.99. The summed E-state index contributed by atoms with van der Waals surface area (Å²) in [5.41, 5.74) is 9.88. The van der Waals surface area contributed by atoms with Gasteiger partial charge in [-0.3, -0.25) is 4.90 Å². The SMILES string of the molecule is CC1(N2CC[C@@H](F)C2)COC1.Cc1nc2ccc(-c3cc(C)n4nc(N)ncc34)nc2n1CC(F)F. The van der Waals surface area contributed by atoms with Gasteiger partial charge in [0.1, 0.15) is 17.5 Å². The number of halogens is 3. The molecule has 0 spiro atoms. The highest BCUT2D eigenvalue weighted by atomic mass is 19.3. The van der Waals surface area contributed by atoms with Gasteiger partial charge in [-0.2, -0.15) is 0 Å². The maximum atomic E-state index is 12.9. The molecule has 0 radical (unpaired) electrons. The van der Waals surface area contributed by atoms with Crippen LogP contribution in [-0.2, 0) is 11.3 Å². The van der Waals surface area contributed by atoms with E-state index in [1.807, 2.05) is 19.1 Å². The van der Waals surface area contributed by atoms with Crippen molar-refractivity contribution in [3.8, 4) is 11.3 Å². The number of imidazole rings is 1. The molecule has 0 bridgehead atoms. The van der Waals surface area contributed by atoms with Crippen LogP contribution in [0, 0.1) is 13.8 Å². The number of hydrogen-bond donors (Lipinski definition) is 1. The molecule has 12 heteroatoms. The molecular formula is C24H29F3N8O. The highest BCUT2D eigenvalue weighted by molar-refractivity contribution is 5.83. The Balaban J connectivity index is 0.000000202. The van der Waals surface area contributed by atoms with Gasteiger partial charge in [0.2, 0.25) is 5.95 Å². The van der Waals surface area contributed by atoms with E-state index < -0.39 is 19.1 Å². The molecule has 2 saturated heterocycles. The zero-order chi connectivity index (χ0) is 25.6. The molecular weight excluding hydrogens is 473 g/mol. The van der Waals surface area contributed by atoms with E-state index in [1.54, 1.807) is 23.7 Å². The molecule has 2 N–H and O–H groups in total. The Morgan fingerprint density at radius 1 is 1.22 bits per heavy atom. The number of pyridine rings is 1. The van der Waals surface area contributed by atoms with Crippen molar-refractivity contribution in [1.29, 1.82) is 0 Å². The summed E-state index contributed by atoms with van der Waals surface area (Å²) in [5.74, 6) is 0.681. The van der Waals surface area contributed by atoms with Crippen LogP contribution in [-0.4, -0.2) is 78.5 Å². The summed E-state index contributed by atoms with van der Waals surface area (Å²) in [6.45, 7) is 8.37. The molecule has 0 amide bonds. The van der Waals surface area contributed by atoms with Crippen molar-refractivity contribution >= 4 is 22.6 Å². The molecule has 1 atom stereocenters. The molecule has 4 aromatic heterocycles. The molecule has 0 unspecified atom stereocenters. The smallest absolute Gasteiger partial charge is 0.256 e. The standard InChI is InChI=1S/C16H15F2N7.C8H14FNO/c1-8-5-10(13-6-20-16(19)23-25(8)13)11-3-4-12-15(22-11)24(7-14(17)18)9(2)21-12;1-8(5-11-6-8)10-3-2-7(9)4-10/h3-6,14H,7H2,1-2H3,(H2,19,23);7H,2-6H2,1H3/t;7-/m.1/s1. The number of fused-ring (bicyclic) bond motifs is 2. The molecule has 0 saturated carbocycles. The summed E-state index contributed by atoms with van der Waals surface area (Å²) >= 11 is 0. The van der Waals surface area contributed by atoms with Crippen molar-refractivity contribution in [3.05, 3.63) is 35.9 Å². The first-order valence-electron chi connectivity index (χ1n) is 11.8. The lowest BCUT2D eigenvalue weighted by Crippen LogP contribution is -2.59. The van der Waals surface area contributed by atoms with Gasteiger partial charge in [0, 0.05) is 24.3 Å². The highest BCUT2D eigenvalue weighted by Gasteiger charge is 2.42. The molecule has 2 aliphatic rings. The first-order chi connectivity index (χ1) is 17.1. The summed E-state index contributed by atoms with van der Waals surface area (Å²) in [6, 6.07) is 5.51. The van der Waals surface area contributed by atoms with Crippen molar-refractivity contribution in [2.75, 3.05) is 32.0 Å². The van der Waals surface area contributed by atoms with Crippen LogP contribution in [0.2, 0.25) is 0 Å². The Bertz CT molecular complexity index is 1400. The predicted molar refractivity (Wildman–Crippen MR) is 130 cm³/mol. The van der Waals surface area contributed by atoms with Crippen molar-refractivity contribution in [3.63, 3.8) is 0 Å². The van der Waals surface area contributed by atoms with Crippen molar-refractivity contribution < 1.29 is 17.9 Å². The van der Waals surface area contributed by atoms with Crippen molar-refractivity contribution in [2.24, 2.45) is 0 Å². The van der Waals surface area contributed by atoms with E-state index in [2.05, 4.69) is 31.9 Å². The lowest BCUT2D eigenvalue weighted by molar-refractivity contribution is -0.124. The Hall–Kier alpha value is -3.25. The van der Waals surface area contributed by atoms with E-state index >= 15 is 0 Å². The van der Waals surface area contributed by atoms with E-state index in [0.29, 0.717) is 35.6 Å². The quantitative estimate of drug-likeness (QED) is 0.457. The highest BCUT2D eigenvalue weighted by Crippen LogP contribution is 2.29. The average Bonchev–Trinajstić information content (AvgIpc) is 3.48. The van der Waals surface area contributed by atoms with Gasteiger partial charge in [-0.05, 0) is 45.4 Å². The molecule has 4 aromatic rings. The normalized spacial score (nSPS) is 19.6. The number of nitrogens with zero attached hydrogens (tertiary/aromatic N) is 7. The third-order valence-electron chi connectivity index (χ3n) is 6.81. The molecule has 2 fully saturated rings. The zero-order valence-corrected chi connectivity index (χ0v) is 20.5. The summed E-state index contributed by atoms with van der Waals surface area (Å²) in [6.07, 6.45) is -0.753. The van der Waals surface area contributed by atoms with Gasteiger partial charge in [-0.15, -0.1) is 5.10 Å². The van der Waals surface area contributed by atoms with Gasteiger partial charge in [-0.1, -0.05) is 0 Å². The molecule has 6 rings (SSSR count). The fourth-order valence-corrected chi connectivity index (χ4v) is 4.78. The minimum atomic E-state index is -2.48. The van der Waals surface area contributed by atoms with Crippen molar-refractivity contribution in [2.45, 2.75) is 51.9 Å². The van der Waals surface area contributed by atoms with Gasteiger partial charge in [0.05, 0.1) is 42.7 Å². The van der Waals surface area contributed by atoms with Crippen LogP contribution in [0.5, 0.6) is 0 Å². The number of aromatic nitrogens is 6. The number of nitrogens with two attached hydrogens (primary N) is 1. The summed E-state index contributed by atoms with van der Waals surface area (Å²) in [7, 11) is 0. The number of anilines is 1. The van der Waals surface area contributed by atoms with Crippen LogP contribution in [0.1, 0.15) is 24.9 Å². The minimum Gasteiger partial charge on any atom is -0.377 e. The number of likely N-dealkylation sites (tertiary alicyclic amines) is 1. The Morgan fingerprint density at radius 2 is 2.00 bits per heavy atom. The van der Waals surface area contributed by atoms with Crippen LogP contribution in [0.4, 0.5) is 19.1 Å². The van der Waals surface area contributed by atoms with Gasteiger partial charge >= 0.3 is 0 Å². The predicted octanol–water partition coefficient (Wildman–Crippen LogP) is 3.42. The number of alkyl halides is 3. The molecule has 2 aliphatic heterocycles. The Labute approximate surface area is 206 Å². The third kappa shape index (κ3) is 4.50. The average molecular weight is 503 g/mol. The monoisotopic (exact) mass is 502 g/mol. The number of aryl methyl sites for hydroxylation is 2. The van der Waals surface area contributed by atoms with Gasteiger partial charge in [0.15, 0.2) is 5.65 Å². The fraction of sp³-hybridized carbons (Fsp3) is 0.500. The molecule has 36 heavy (non-hydrogen) atoms. The number of nitrogen functional groups attached to an aromatic ring is 1. The van der Waals surface area contributed by atoms with Crippen molar-refractivity contribution in [1.82, 2.24) is 34.0 Å². The van der Waals surface area contributed by atoms with Crippen LogP contribution in [0.3, 0.4) is 0 Å². The second-order valence-corrected chi connectivity index (χ2v) is 9.63. The van der Waals surface area contributed by atoms with Crippen LogP contribution in [0.25, 0.3) is 27.9 Å². The molecule has 0 aromatic carbocycles. The van der Waals surface area contributed by atoms with E-state index in [4.69, 9.17) is 10.5 Å².